The lowest BCUT2D eigenvalue weighted by molar-refractivity contribution is -0.122. The number of nitrogens with zero attached hydrogens (tertiary/aromatic N) is 3. The number of para-hydroxylation sites is 1. The number of rotatable bonds is 5. The highest BCUT2D eigenvalue weighted by Crippen LogP contribution is 2.36. The molecule has 0 bridgehead atoms. The van der Waals surface area contributed by atoms with Crippen LogP contribution in [0, 0.1) is 0 Å². The van der Waals surface area contributed by atoms with E-state index in [4.69, 9.17) is 9.41 Å². The predicted octanol–water partition coefficient (Wildman–Crippen LogP) is 4.91. The number of amides is 2. The van der Waals surface area contributed by atoms with E-state index in [1.54, 1.807) is 29.4 Å². The molecule has 1 fully saturated rings. The summed E-state index contributed by atoms with van der Waals surface area (Å²) in [5.41, 5.74) is 3.80. The summed E-state index contributed by atoms with van der Waals surface area (Å²) in [7, 11) is 0. The number of benzene rings is 2. The molecule has 7 nitrogen and oxygen atoms in total. The summed E-state index contributed by atoms with van der Waals surface area (Å²) in [4.78, 5) is 33.7. The Morgan fingerprint density at radius 2 is 1.97 bits per heavy atom. The Hall–Kier alpha value is -3.78. The number of hydrogen-bond acceptors (Lipinski definition) is 6. The Morgan fingerprint density at radius 3 is 2.73 bits per heavy atom. The Morgan fingerprint density at radius 1 is 1.15 bits per heavy atom. The summed E-state index contributed by atoms with van der Waals surface area (Å²) in [6.07, 6.45) is 4.48. The van der Waals surface area contributed by atoms with Crippen LogP contribution in [0.4, 0.5) is 17.1 Å². The molecule has 0 saturated carbocycles. The second kappa shape index (κ2) is 8.99. The number of hydrogen-bond donors (Lipinski definition) is 1. The first kappa shape index (κ1) is 21.1. The molecule has 0 aliphatic carbocycles. The molecule has 2 aliphatic rings. The highest BCUT2D eigenvalue weighted by atomic mass is 32.2. The van der Waals surface area contributed by atoms with Gasteiger partial charge in [0.05, 0.1) is 23.4 Å². The van der Waals surface area contributed by atoms with Crippen molar-refractivity contribution in [3.8, 4) is 0 Å². The number of thioether (sulfide) groups is 1. The normalized spacial score (nSPS) is 17.8. The minimum atomic E-state index is -0.131. The molecule has 2 aromatic carbocycles. The molecule has 2 amide bonds. The van der Waals surface area contributed by atoms with E-state index in [9.17, 15) is 9.59 Å². The van der Waals surface area contributed by atoms with Crippen LogP contribution < -0.4 is 10.2 Å². The van der Waals surface area contributed by atoms with Gasteiger partial charge in [0.15, 0.2) is 5.17 Å². The SMILES string of the molecule is CC(=O)Nc1ccc(/N=C2\SC(=CN3CCc4ccccc43)C(=O)N2Cc2ccco2)cc1. The molecule has 0 unspecified atom stereocenters. The molecule has 0 radical (unpaired) electrons. The highest BCUT2D eigenvalue weighted by Gasteiger charge is 2.35. The van der Waals surface area contributed by atoms with Crippen LogP contribution in [0.1, 0.15) is 18.2 Å². The summed E-state index contributed by atoms with van der Waals surface area (Å²) in [6.45, 7) is 2.61. The standard InChI is InChI=1S/C25H22N4O3S/c1-17(30)26-19-8-10-20(11-9-19)27-25-29(15-21-6-4-14-32-21)24(31)23(33-25)16-28-13-12-18-5-2-3-7-22(18)28/h2-11,14,16H,12-13,15H2,1H3,(H,26,30)/b23-16?,27-25-. The van der Waals surface area contributed by atoms with Gasteiger partial charge in [0.2, 0.25) is 5.91 Å². The van der Waals surface area contributed by atoms with Gasteiger partial charge in [-0.25, -0.2) is 4.99 Å². The van der Waals surface area contributed by atoms with Crippen LogP contribution >= 0.6 is 11.8 Å². The third kappa shape index (κ3) is 4.56. The van der Waals surface area contributed by atoms with Crippen LogP contribution in [-0.4, -0.2) is 28.4 Å². The van der Waals surface area contributed by atoms with E-state index in [1.807, 2.05) is 36.5 Å². The van der Waals surface area contributed by atoms with E-state index in [2.05, 4.69) is 22.3 Å². The molecule has 166 valence electrons. The molecular weight excluding hydrogens is 436 g/mol. The molecule has 3 aromatic rings. The van der Waals surface area contributed by atoms with Crippen LogP contribution in [-0.2, 0) is 22.6 Å². The van der Waals surface area contributed by atoms with Gasteiger partial charge in [-0.05, 0) is 66.2 Å². The molecule has 2 aliphatic heterocycles. The van der Waals surface area contributed by atoms with E-state index in [0.29, 0.717) is 33.8 Å². The molecule has 8 heteroatoms. The summed E-state index contributed by atoms with van der Waals surface area (Å²) in [6, 6.07) is 19.1. The first-order chi connectivity index (χ1) is 16.1. The average molecular weight is 459 g/mol. The molecule has 0 atom stereocenters. The molecule has 3 heterocycles. The number of carbonyl (C=O) groups excluding carboxylic acids is 2. The van der Waals surface area contributed by atoms with Crippen molar-refractivity contribution in [2.45, 2.75) is 19.9 Å². The van der Waals surface area contributed by atoms with Gasteiger partial charge in [-0.15, -0.1) is 0 Å². The smallest absolute Gasteiger partial charge is 0.268 e. The number of carbonyl (C=O) groups is 2. The monoisotopic (exact) mass is 458 g/mol. The van der Waals surface area contributed by atoms with E-state index >= 15 is 0 Å². The van der Waals surface area contributed by atoms with E-state index in [-0.39, 0.29) is 11.8 Å². The van der Waals surface area contributed by atoms with Gasteiger partial charge < -0.3 is 14.6 Å². The topological polar surface area (TPSA) is 78.2 Å². The fourth-order valence-electron chi connectivity index (χ4n) is 3.85. The van der Waals surface area contributed by atoms with Gasteiger partial charge in [0.25, 0.3) is 5.91 Å². The van der Waals surface area contributed by atoms with Crippen molar-refractivity contribution >= 4 is 45.8 Å². The van der Waals surface area contributed by atoms with Gasteiger partial charge in [-0.2, -0.15) is 0 Å². The number of amidine groups is 1. The maximum atomic E-state index is 13.3. The molecule has 0 spiro atoms. The minimum Gasteiger partial charge on any atom is -0.467 e. The summed E-state index contributed by atoms with van der Waals surface area (Å²) < 4.78 is 5.48. The summed E-state index contributed by atoms with van der Waals surface area (Å²) in [5, 5.41) is 3.33. The van der Waals surface area contributed by atoms with Crippen molar-refractivity contribution in [1.29, 1.82) is 0 Å². The Kier molecular flexibility index (Phi) is 5.75. The largest absolute Gasteiger partial charge is 0.467 e. The predicted molar refractivity (Wildman–Crippen MR) is 130 cm³/mol. The molecule has 1 N–H and O–H groups in total. The lowest BCUT2D eigenvalue weighted by atomic mass is 10.2. The van der Waals surface area contributed by atoms with Gasteiger partial charge in [-0.3, -0.25) is 14.5 Å². The van der Waals surface area contributed by atoms with E-state index in [0.717, 1.165) is 18.7 Å². The molecule has 1 saturated heterocycles. The second-order valence-corrected chi connectivity index (χ2v) is 8.77. The van der Waals surface area contributed by atoms with Crippen LogP contribution in [0.5, 0.6) is 0 Å². The summed E-state index contributed by atoms with van der Waals surface area (Å²) >= 11 is 1.35. The fourth-order valence-corrected chi connectivity index (χ4v) is 4.83. The van der Waals surface area contributed by atoms with Crippen molar-refractivity contribution in [2.75, 3.05) is 16.8 Å². The first-order valence-corrected chi connectivity index (χ1v) is 11.4. The lowest BCUT2D eigenvalue weighted by Gasteiger charge is -2.15. The van der Waals surface area contributed by atoms with Crippen molar-refractivity contribution in [1.82, 2.24) is 4.90 Å². The number of fused-ring (bicyclic) bond motifs is 1. The first-order valence-electron chi connectivity index (χ1n) is 10.6. The number of anilines is 2. The van der Waals surface area contributed by atoms with E-state index in [1.165, 1.54) is 24.2 Å². The minimum absolute atomic E-state index is 0.102. The zero-order chi connectivity index (χ0) is 22.8. The van der Waals surface area contributed by atoms with Gasteiger partial charge in [0.1, 0.15) is 5.76 Å². The molecular formula is C25H22N4O3S. The molecule has 1 aromatic heterocycles. The van der Waals surface area contributed by atoms with Crippen molar-refractivity contribution in [2.24, 2.45) is 4.99 Å². The summed E-state index contributed by atoms with van der Waals surface area (Å²) in [5.74, 6) is 0.453. The van der Waals surface area contributed by atoms with Gasteiger partial charge in [0, 0.05) is 31.0 Å². The molecule has 33 heavy (non-hydrogen) atoms. The lowest BCUT2D eigenvalue weighted by Crippen LogP contribution is -2.28. The fraction of sp³-hybridized carbons (Fsp3) is 0.160. The van der Waals surface area contributed by atoms with Crippen LogP contribution in [0.25, 0.3) is 0 Å². The highest BCUT2D eigenvalue weighted by molar-refractivity contribution is 8.18. The van der Waals surface area contributed by atoms with Crippen molar-refractivity contribution < 1.29 is 14.0 Å². The Balaban J connectivity index is 1.44. The number of nitrogens with one attached hydrogen (secondary N) is 1. The Bertz CT molecular complexity index is 1250. The third-order valence-electron chi connectivity index (χ3n) is 5.39. The van der Waals surface area contributed by atoms with Crippen LogP contribution in [0.3, 0.4) is 0 Å². The van der Waals surface area contributed by atoms with Crippen LogP contribution in [0.2, 0.25) is 0 Å². The second-order valence-electron chi connectivity index (χ2n) is 7.76. The number of furan rings is 1. The van der Waals surface area contributed by atoms with Crippen molar-refractivity contribution in [3.05, 3.63) is 89.4 Å². The van der Waals surface area contributed by atoms with Crippen molar-refractivity contribution in [3.63, 3.8) is 0 Å². The van der Waals surface area contributed by atoms with Gasteiger partial charge in [-0.1, -0.05) is 18.2 Å². The van der Waals surface area contributed by atoms with E-state index < -0.39 is 0 Å². The van der Waals surface area contributed by atoms with Crippen LogP contribution in [0.15, 0.2) is 87.4 Å². The third-order valence-corrected chi connectivity index (χ3v) is 6.38. The quantitative estimate of drug-likeness (QED) is 0.550. The average Bonchev–Trinajstić information content (AvgIpc) is 3.53. The zero-order valence-electron chi connectivity index (χ0n) is 18.0. The van der Waals surface area contributed by atoms with Gasteiger partial charge >= 0.3 is 0 Å². The molecule has 5 rings (SSSR count). The Labute approximate surface area is 195 Å². The number of aliphatic imine (C=N–C) groups is 1. The maximum Gasteiger partial charge on any atom is 0.268 e. The maximum absolute atomic E-state index is 13.3. The zero-order valence-corrected chi connectivity index (χ0v) is 18.8.